The van der Waals surface area contributed by atoms with Crippen LogP contribution in [-0.2, 0) is 19.4 Å². The summed E-state index contributed by atoms with van der Waals surface area (Å²) in [7, 11) is 0. The molecule has 0 aromatic carbocycles. The molecule has 21 heavy (non-hydrogen) atoms. The molecule has 0 amide bonds. The van der Waals surface area contributed by atoms with E-state index in [2.05, 4.69) is 41.9 Å². The van der Waals surface area contributed by atoms with Crippen molar-refractivity contribution in [3.63, 3.8) is 0 Å². The molecule has 0 aliphatic carbocycles. The SMILES string of the molecule is c1cn2cc(Cc3nnc4n3CCCCCCC4)nc2s1. The second-order valence-electron chi connectivity index (χ2n) is 5.70. The minimum atomic E-state index is 0.779. The van der Waals surface area contributed by atoms with Gasteiger partial charge in [-0.1, -0.05) is 19.3 Å². The lowest BCUT2D eigenvalue weighted by Crippen LogP contribution is -2.08. The minimum Gasteiger partial charge on any atom is -0.315 e. The second-order valence-corrected chi connectivity index (χ2v) is 6.58. The molecule has 6 heteroatoms. The average molecular weight is 301 g/mol. The first-order valence-electron chi connectivity index (χ1n) is 7.72. The quantitative estimate of drug-likeness (QED) is 0.731. The van der Waals surface area contributed by atoms with E-state index in [0.717, 1.165) is 41.7 Å². The summed E-state index contributed by atoms with van der Waals surface area (Å²) in [4.78, 5) is 5.71. The van der Waals surface area contributed by atoms with Gasteiger partial charge in [-0.15, -0.1) is 21.5 Å². The lowest BCUT2D eigenvalue weighted by molar-refractivity contribution is 0.570. The van der Waals surface area contributed by atoms with Crippen LogP contribution in [-0.4, -0.2) is 24.1 Å². The molecule has 5 nitrogen and oxygen atoms in total. The van der Waals surface area contributed by atoms with Gasteiger partial charge in [-0.25, -0.2) is 4.98 Å². The highest BCUT2D eigenvalue weighted by atomic mass is 32.1. The van der Waals surface area contributed by atoms with Crippen LogP contribution >= 0.6 is 11.3 Å². The van der Waals surface area contributed by atoms with Crippen LogP contribution in [0.2, 0.25) is 0 Å². The van der Waals surface area contributed by atoms with Gasteiger partial charge in [0.2, 0.25) is 0 Å². The number of aryl methyl sites for hydroxylation is 1. The third-order valence-electron chi connectivity index (χ3n) is 4.17. The van der Waals surface area contributed by atoms with Crippen molar-refractivity contribution in [2.45, 2.75) is 51.5 Å². The molecule has 4 heterocycles. The number of fused-ring (bicyclic) bond motifs is 2. The van der Waals surface area contributed by atoms with Crippen LogP contribution < -0.4 is 0 Å². The standard InChI is InChI=1S/C15H19N5S/c1-2-4-6-13-17-18-14(20(13)7-5-3-1)10-12-11-19-8-9-21-15(19)16-12/h8-9,11H,1-7,10H2. The highest BCUT2D eigenvalue weighted by molar-refractivity contribution is 7.15. The third kappa shape index (κ3) is 2.60. The van der Waals surface area contributed by atoms with Crippen molar-refractivity contribution >= 4 is 16.3 Å². The maximum Gasteiger partial charge on any atom is 0.193 e. The zero-order chi connectivity index (χ0) is 14.1. The van der Waals surface area contributed by atoms with Gasteiger partial charge < -0.3 is 4.57 Å². The smallest absolute Gasteiger partial charge is 0.193 e. The van der Waals surface area contributed by atoms with E-state index < -0.39 is 0 Å². The van der Waals surface area contributed by atoms with Crippen LogP contribution in [0.5, 0.6) is 0 Å². The predicted molar refractivity (Wildman–Crippen MR) is 82.7 cm³/mol. The molecular formula is C15H19N5S. The Morgan fingerprint density at radius 1 is 1.10 bits per heavy atom. The molecule has 0 saturated carbocycles. The maximum atomic E-state index is 4.66. The number of nitrogens with zero attached hydrogens (tertiary/aromatic N) is 5. The van der Waals surface area contributed by atoms with E-state index >= 15 is 0 Å². The highest BCUT2D eigenvalue weighted by Crippen LogP contribution is 2.18. The Labute approximate surface area is 127 Å². The first-order chi connectivity index (χ1) is 10.4. The van der Waals surface area contributed by atoms with Crippen molar-refractivity contribution < 1.29 is 0 Å². The fourth-order valence-electron chi connectivity index (χ4n) is 3.05. The fraction of sp³-hybridized carbons (Fsp3) is 0.533. The summed E-state index contributed by atoms with van der Waals surface area (Å²) in [6.07, 6.45) is 12.4. The molecular weight excluding hydrogens is 282 g/mol. The zero-order valence-corrected chi connectivity index (χ0v) is 12.8. The van der Waals surface area contributed by atoms with E-state index in [0.29, 0.717) is 0 Å². The molecule has 0 saturated heterocycles. The summed E-state index contributed by atoms with van der Waals surface area (Å²) in [5, 5.41) is 10.9. The lowest BCUT2D eigenvalue weighted by Gasteiger charge is -2.07. The topological polar surface area (TPSA) is 48.0 Å². The largest absolute Gasteiger partial charge is 0.315 e. The Morgan fingerprint density at radius 2 is 2.00 bits per heavy atom. The normalized spacial score (nSPS) is 16.4. The van der Waals surface area contributed by atoms with Crippen molar-refractivity contribution in [1.29, 1.82) is 0 Å². The minimum absolute atomic E-state index is 0.779. The van der Waals surface area contributed by atoms with E-state index in [9.17, 15) is 0 Å². The van der Waals surface area contributed by atoms with Crippen molar-refractivity contribution in [2.24, 2.45) is 0 Å². The molecule has 3 aromatic rings. The first-order valence-corrected chi connectivity index (χ1v) is 8.60. The maximum absolute atomic E-state index is 4.66. The van der Waals surface area contributed by atoms with E-state index in [-0.39, 0.29) is 0 Å². The number of hydrogen-bond donors (Lipinski definition) is 0. The number of imidazole rings is 1. The van der Waals surface area contributed by atoms with Crippen molar-refractivity contribution in [3.8, 4) is 0 Å². The molecule has 0 unspecified atom stereocenters. The van der Waals surface area contributed by atoms with E-state index in [1.165, 1.54) is 32.1 Å². The summed E-state index contributed by atoms with van der Waals surface area (Å²) in [6, 6.07) is 0. The molecule has 0 spiro atoms. The monoisotopic (exact) mass is 301 g/mol. The third-order valence-corrected chi connectivity index (χ3v) is 4.94. The molecule has 110 valence electrons. The average Bonchev–Trinajstić information content (AvgIpc) is 3.14. The van der Waals surface area contributed by atoms with Crippen LogP contribution in [0.15, 0.2) is 17.8 Å². The van der Waals surface area contributed by atoms with Gasteiger partial charge in [-0.2, -0.15) is 0 Å². The van der Waals surface area contributed by atoms with Crippen LogP contribution in [0.4, 0.5) is 0 Å². The van der Waals surface area contributed by atoms with Crippen LogP contribution in [0.25, 0.3) is 4.96 Å². The molecule has 1 aliphatic heterocycles. The molecule has 0 N–H and O–H groups in total. The Morgan fingerprint density at radius 3 is 2.95 bits per heavy atom. The van der Waals surface area contributed by atoms with Crippen LogP contribution in [0, 0.1) is 0 Å². The van der Waals surface area contributed by atoms with Gasteiger partial charge in [0.1, 0.15) is 11.6 Å². The van der Waals surface area contributed by atoms with Crippen molar-refractivity contribution in [3.05, 3.63) is 35.1 Å². The molecule has 0 atom stereocenters. The van der Waals surface area contributed by atoms with Gasteiger partial charge in [0.15, 0.2) is 4.96 Å². The lowest BCUT2D eigenvalue weighted by atomic mass is 10.1. The summed E-state index contributed by atoms with van der Waals surface area (Å²) < 4.78 is 4.41. The van der Waals surface area contributed by atoms with Crippen molar-refractivity contribution in [1.82, 2.24) is 24.1 Å². The molecule has 3 aromatic heterocycles. The molecule has 0 radical (unpaired) electrons. The van der Waals surface area contributed by atoms with Crippen molar-refractivity contribution in [2.75, 3.05) is 0 Å². The molecule has 1 aliphatic rings. The van der Waals surface area contributed by atoms with Crippen LogP contribution in [0.1, 0.15) is 49.4 Å². The van der Waals surface area contributed by atoms with E-state index in [4.69, 9.17) is 0 Å². The summed E-state index contributed by atoms with van der Waals surface area (Å²) >= 11 is 1.67. The van der Waals surface area contributed by atoms with E-state index in [1.807, 2.05) is 0 Å². The van der Waals surface area contributed by atoms with Crippen LogP contribution in [0.3, 0.4) is 0 Å². The Balaban J connectivity index is 1.61. The van der Waals surface area contributed by atoms with Gasteiger partial charge in [0.25, 0.3) is 0 Å². The van der Waals surface area contributed by atoms with Gasteiger partial charge in [-0.05, 0) is 12.8 Å². The Kier molecular flexibility index (Phi) is 3.47. The summed E-state index contributed by atoms with van der Waals surface area (Å²) in [5.41, 5.74) is 1.08. The fourth-order valence-corrected chi connectivity index (χ4v) is 3.77. The number of thiazole rings is 1. The second kappa shape index (κ2) is 5.60. The summed E-state index contributed by atoms with van der Waals surface area (Å²) in [5.74, 6) is 2.23. The van der Waals surface area contributed by atoms with E-state index in [1.54, 1.807) is 11.3 Å². The number of aromatic nitrogens is 5. The van der Waals surface area contributed by atoms with Gasteiger partial charge in [-0.3, -0.25) is 4.40 Å². The van der Waals surface area contributed by atoms with Gasteiger partial charge >= 0.3 is 0 Å². The zero-order valence-electron chi connectivity index (χ0n) is 12.0. The van der Waals surface area contributed by atoms with Gasteiger partial charge in [0, 0.05) is 30.7 Å². The molecule has 0 bridgehead atoms. The first kappa shape index (κ1) is 13.0. The molecule has 0 fully saturated rings. The predicted octanol–water partition coefficient (Wildman–Crippen LogP) is 3.08. The Hall–Kier alpha value is -1.69. The number of rotatable bonds is 2. The summed E-state index contributed by atoms with van der Waals surface area (Å²) in [6.45, 7) is 1.06. The Bertz CT molecular complexity index is 710. The van der Waals surface area contributed by atoms with Gasteiger partial charge in [0.05, 0.1) is 12.1 Å². The number of hydrogen-bond acceptors (Lipinski definition) is 4. The molecule has 4 rings (SSSR count). The highest BCUT2D eigenvalue weighted by Gasteiger charge is 2.15.